The Kier molecular flexibility index (Phi) is 3.62. The molecule has 0 fully saturated rings. The fourth-order valence-corrected chi connectivity index (χ4v) is 1.10. The third-order valence-electron chi connectivity index (χ3n) is 2.16. The highest BCUT2D eigenvalue weighted by atomic mass is 16.2. The number of hydrogen-bond acceptors (Lipinski definition) is 3. The molecule has 0 bridgehead atoms. The molecule has 3 N–H and O–H groups in total. The molecule has 1 rings (SSSR count). The van der Waals surface area contributed by atoms with Gasteiger partial charge in [-0.05, 0) is 18.6 Å². The molecule has 0 radical (unpaired) electrons. The Morgan fingerprint density at radius 2 is 2.33 bits per heavy atom. The Balaban J connectivity index is 2.86. The van der Waals surface area contributed by atoms with Crippen LogP contribution in [0.2, 0.25) is 0 Å². The van der Waals surface area contributed by atoms with Crippen molar-refractivity contribution in [2.75, 3.05) is 5.32 Å². The Morgan fingerprint density at radius 1 is 1.67 bits per heavy atom. The number of aryl methyl sites for hydroxylation is 1. The van der Waals surface area contributed by atoms with Gasteiger partial charge < -0.3 is 15.6 Å². The second kappa shape index (κ2) is 4.75. The van der Waals surface area contributed by atoms with Crippen molar-refractivity contribution in [3.8, 4) is 0 Å². The Hall–Kier alpha value is -1.62. The van der Waals surface area contributed by atoms with E-state index in [1.165, 1.54) is 4.57 Å². The molecule has 0 unspecified atom stereocenters. The first kappa shape index (κ1) is 11.5. The van der Waals surface area contributed by atoms with Gasteiger partial charge in [-0.3, -0.25) is 9.59 Å². The first-order chi connectivity index (χ1) is 7.06. The minimum atomic E-state index is -0.574. The third-order valence-corrected chi connectivity index (χ3v) is 2.16. The lowest BCUT2D eigenvalue weighted by molar-refractivity contribution is -0.117. The fraction of sp³-hybridized carbons (Fsp3) is 0.400. The van der Waals surface area contributed by atoms with Crippen molar-refractivity contribution in [2.45, 2.75) is 19.4 Å². The van der Waals surface area contributed by atoms with E-state index in [4.69, 9.17) is 5.73 Å². The first-order valence-corrected chi connectivity index (χ1v) is 4.78. The summed E-state index contributed by atoms with van der Waals surface area (Å²) in [6.07, 6.45) is 2.16. The van der Waals surface area contributed by atoms with Crippen LogP contribution in [0, 0.1) is 0 Å². The van der Waals surface area contributed by atoms with Crippen LogP contribution in [0.25, 0.3) is 0 Å². The summed E-state index contributed by atoms with van der Waals surface area (Å²) in [7, 11) is 1.62. The van der Waals surface area contributed by atoms with E-state index in [2.05, 4.69) is 5.32 Å². The summed E-state index contributed by atoms with van der Waals surface area (Å²) in [5.74, 6) is -0.333. The highest BCUT2D eigenvalue weighted by Crippen LogP contribution is 1.99. The van der Waals surface area contributed by atoms with E-state index in [9.17, 15) is 9.59 Å². The molecule has 0 aliphatic heterocycles. The summed E-state index contributed by atoms with van der Waals surface area (Å²) in [5, 5.41) is 2.50. The fourth-order valence-electron chi connectivity index (χ4n) is 1.10. The van der Waals surface area contributed by atoms with Crippen LogP contribution >= 0.6 is 0 Å². The van der Waals surface area contributed by atoms with E-state index >= 15 is 0 Å². The molecule has 1 atom stereocenters. The lowest BCUT2D eigenvalue weighted by Gasteiger charge is -2.09. The van der Waals surface area contributed by atoms with Gasteiger partial charge in [0.15, 0.2) is 0 Å². The minimum absolute atomic E-state index is 0.242. The summed E-state index contributed by atoms with van der Waals surface area (Å²) >= 11 is 0. The third kappa shape index (κ3) is 2.66. The smallest absolute Gasteiger partial charge is 0.274 e. The highest BCUT2D eigenvalue weighted by molar-refractivity contribution is 5.94. The molecule has 82 valence electrons. The quantitative estimate of drug-likeness (QED) is 0.739. The molecule has 0 aliphatic carbocycles. The van der Waals surface area contributed by atoms with E-state index in [1.807, 2.05) is 6.92 Å². The number of carbonyl (C=O) groups excluding carboxylic acids is 1. The van der Waals surface area contributed by atoms with E-state index in [0.717, 1.165) is 0 Å². The molecule has 0 aliphatic rings. The number of rotatable bonds is 3. The van der Waals surface area contributed by atoms with Crippen LogP contribution in [0.4, 0.5) is 5.69 Å². The molecule has 0 saturated carbocycles. The van der Waals surface area contributed by atoms with Gasteiger partial charge in [0.05, 0.1) is 6.04 Å². The summed E-state index contributed by atoms with van der Waals surface area (Å²) in [4.78, 5) is 22.9. The zero-order valence-electron chi connectivity index (χ0n) is 8.86. The number of hydrogen-bond donors (Lipinski definition) is 2. The van der Waals surface area contributed by atoms with Gasteiger partial charge in [-0.1, -0.05) is 6.92 Å². The monoisotopic (exact) mass is 209 g/mol. The van der Waals surface area contributed by atoms with Crippen LogP contribution in [-0.4, -0.2) is 16.5 Å². The molecule has 1 amide bonds. The largest absolute Gasteiger partial charge is 0.320 e. The summed E-state index contributed by atoms with van der Waals surface area (Å²) in [6, 6.07) is 2.67. The zero-order valence-corrected chi connectivity index (χ0v) is 8.86. The predicted molar refractivity (Wildman–Crippen MR) is 58.6 cm³/mol. The van der Waals surface area contributed by atoms with Crippen molar-refractivity contribution in [1.82, 2.24) is 4.57 Å². The highest BCUT2D eigenvalue weighted by Gasteiger charge is 2.12. The number of aromatic nitrogens is 1. The van der Waals surface area contributed by atoms with Gasteiger partial charge in [0.1, 0.15) is 5.69 Å². The molecule has 0 spiro atoms. The number of nitrogens with two attached hydrogens (primary N) is 1. The maximum absolute atomic E-state index is 11.5. The van der Waals surface area contributed by atoms with Crippen LogP contribution < -0.4 is 16.6 Å². The molecule has 5 heteroatoms. The van der Waals surface area contributed by atoms with E-state index in [1.54, 1.807) is 25.4 Å². The molecule has 1 aromatic heterocycles. The van der Waals surface area contributed by atoms with Gasteiger partial charge in [-0.25, -0.2) is 0 Å². The van der Waals surface area contributed by atoms with Crippen LogP contribution in [0.3, 0.4) is 0 Å². The lowest BCUT2D eigenvalue weighted by Crippen LogP contribution is -2.36. The van der Waals surface area contributed by atoms with Crippen molar-refractivity contribution >= 4 is 11.6 Å². The SMILES string of the molecule is CC[C@H](N)C(=O)Nc1cccn(C)c1=O. The van der Waals surface area contributed by atoms with Crippen molar-refractivity contribution in [1.29, 1.82) is 0 Å². The van der Waals surface area contributed by atoms with Crippen LogP contribution in [0.15, 0.2) is 23.1 Å². The maximum atomic E-state index is 11.5. The van der Waals surface area contributed by atoms with Crippen molar-refractivity contribution < 1.29 is 4.79 Å². The number of amides is 1. The average Bonchev–Trinajstić information content (AvgIpc) is 2.23. The van der Waals surface area contributed by atoms with Gasteiger partial charge >= 0.3 is 0 Å². The Bertz CT molecular complexity index is 411. The molecule has 1 heterocycles. The van der Waals surface area contributed by atoms with E-state index in [-0.39, 0.29) is 17.2 Å². The lowest BCUT2D eigenvalue weighted by atomic mass is 10.2. The molecule has 15 heavy (non-hydrogen) atoms. The summed E-state index contributed by atoms with van der Waals surface area (Å²) < 4.78 is 1.40. The van der Waals surface area contributed by atoms with Crippen LogP contribution in [-0.2, 0) is 11.8 Å². The number of nitrogens with zero attached hydrogens (tertiary/aromatic N) is 1. The second-order valence-corrected chi connectivity index (χ2v) is 3.34. The number of nitrogens with one attached hydrogen (secondary N) is 1. The topological polar surface area (TPSA) is 77.1 Å². The van der Waals surface area contributed by atoms with Crippen molar-refractivity contribution in [3.05, 3.63) is 28.7 Å². The van der Waals surface area contributed by atoms with Crippen molar-refractivity contribution in [3.63, 3.8) is 0 Å². The van der Waals surface area contributed by atoms with Gasteiger partial charge in [0, 0.05) is 13.2 Å². The van der Waals surface area contributed by atoms with Crippen molar-refractivity contribution in [2.24, 2.45) is 12.8 Å². The first-order valence-electron chi connectivity index (χ1n) is 4.78. The van der Waals surface area contributed by atoms with E-state index < -0.39 is 6.04 Å². The molecule has 0 saturated heterocycles. The second-order valence-electron chi connectivity index (χ2n) is 3.34. The molecular weight excluding hydrogens is 194 g/mol. The minimum Gasteiger partial charge on any atom is -0.320 e. The number of carbonyl (C=O) groups is 1. The number of anilines is 1. The van der Waals surface area contributed by atoms with Gasteiger partial charge in [-0.15, -0.1) is 0 Å². The Morgan fingerprint density at radius 3 is 2.93 bits per heavy atom. The molecular formula is C10H15N3O2. The van der Waals surface area contributed by atoms with E-state index in [0.29, 0.717) is 6.42 Å². The predicted octanol–water partition coefficient (Wildman–Crippen LogP) is 0.0611. The summed E-state index contributed by atoms with van der Waals surface area (Å²) in [5.41, 5.74) is 5.55. The normalized spacial score (nSPS) is 12.2. The summed E-state index contributed by atoms with van der Waals surface area (Å²) in [6.45, 7) is 1.81. The van der Waals surface area contributed by atoms with Gasteiger partial charge in [0.2, 0.25) is 5.91 Å². The Labute approximate surface area is 87.9 Å². The standard InChI is InChI=1S/C10H15N3O2/c1-3-7(11)9(14)12-8-5-4-6-13(2)10(8)15/h4-7H,3,11H2,1-2H3,(H,12,14)/t7-/m0/s1. The number of pyridine rings is 1. The molecule has 0 aromatic carbocycles. The van der Waals surface area contributed by atoms with Gasteiger partial charge in [0.25, 0.3) is 5.56 Å². The van der Waals surface area contributed by atoms with Crippen LogP contribution in [0.1, 0.15) is 13.3 Å². The van der Waals surface area contributed by atoms with Gasteiger partial charge in [-0.2, -0.15) is 0 Å². The molecule has 1 aromatic rings. The van der Waals surface area contributed by atoms with Crippen LogP contribution in [0.5, 0.6) is 0 Å². The maximum Gasteiger partial charge on any atom is 0.274 e. The molecule has 5 nitrogen and oxygen atoms in total. The zero-order chi connectivity index (χ0) is 11.4. The average molecular weight is 209 g/mol.